The Labute approximate surface area is 122 Å². The van der Waals surface area contributed by atoms with Crippen molar-refractivity contribution in [3.8, 4) is 0 Å². The van der Waals surface area contributed by atoms with E-state index in [2.05, 4.69) is 40.3 Å². The molecule has 18 heavy (non-hydrogen) atoms. The first-order chi connectivity index (χ1) is 8.71. The van der Waals surface area contributed by atoms with Crippen LogP contribution in [0, 0.1) is 17.3 Å². The maximum absolute atomic E-state index is 3.68. The van der Waals surface area contributed by atoms with E-state index in [-0.39, 0.29) is 0 Å². The van der Waals surface area contributed by atoms with Crippen molar-refractivity contribution in [3.63, 3.8) is 0 Å². The van der Waals surface area contributed by atoms with E-state index in [0.717, 1.165) is 11.8 Å². The molecule has 0 saturated heterocycles. The van der Waals surface area contributed by atoms with Gasteiger partial charge < -0.3 is 5.32 Å². The van der Waals surface area contributed by atoms with E-state index < -0.39 is 0 Å². The average molecular weight is 328 g/mol. The first-order valence-electron chi connectivity index (χ1n) is 7.16. The molecule has 0 radical (unpaired) electrons. The van der Waals surface area contributed by atoms with Crippen molar-refractivity contribution in [1.29, 1.82) is 0 Å². The lowest BCUT2D eigenvalue weighted by molar-refractivity contribution is 0.250. The van der Waals surface area contributed by atoms with Crippen LogP contribution in [0.1, 0.15) is 37.5 Å². The van der Waals surface area contributed by atoms with Crippen LogP contribution in [-0.4, -0.2) is 13.1 Å². The Hall–Kier alpha value is 0.140. The molecule has 2 fully saturated rings. The smallest absolute Gasteiger partial charge is 0.0701 e. The number of fused-ring (bicyclic) bond motifs is 1. The third-order valence-corrected chi connectivity index (χ3v) is 6.19. The number of halogens is 1. The zero-order valence-electron chi connectivity index (χ0n) is 11.0. The van der Waals surface area contributed by atoms with Gasteiger partial charge in [-0.2, -0.15) is 0 Å². The molecule has 1 aromatic rings. The van der Waals surface area contributed by atoms with Gasteiger partial charge in [0.2, 0.25) is 0 Å². The summed E-state index contributed by atoms with van der Waals surface area (Å²) >= 11 is 5.50. The van der Waals surface area contributed by atoms with Crippen LogP contribution in [-0.2, 0) is 6.42 Å². The molecule has 2 atom stereocenters. The van der Waals surface area contributed by atoms with Gasteiger partial charge in [-0.05, 0) is 84.0 Å². The van der Waals surface area contributed by atoms with Gasteiger partial charge in [0.1, 0.15) is 0 Å². The van der Waals surface area contributed by atoms with Crippen molar-refractivity contribution in [2.75, 3.05) is 13.1 Å². The fourth-order valence-corrected chi connectivity index (χ4v) is 5.36. The van der Waals surface area contributed by atoms with Crippen molar-refractivity contribution < 1.29 is 0 Å². The lowest BCUT2D eigenvalue weighted by Crippen LogP contribution is -2.35. The summed E-state index contributed by atoms with van der Waals surface area (Å²) in [6.45, 7) is 4.65. The minimum absolute atomic E-state index is 0.563. The Morgan fingerprint density at radius 2 is 2.17 bits per heavy atom. The van der Waals surface area contributed by atoms with Gasteiger partial charge in [-0.25, -0.2) is 0 Å². The second-order valence-corrected chi connectivity index (χ2v) is 8.77. The number of rotatable bonds is 6. The lowest BCUT2D eigenvalue weighted by atomic mass is 9.79. The molecule has 0 aromatic carbocycles. The SMILES string of the molecule is CCCNCC1(Cc2ccc(Br)s2)CC2CC2C1. The summed E-state index contributed by atoms with van der Waals surface area (Å²) in [5, 5.41) is 3.68. The second kappa shape index (κ2) is 5.26. The predicted molar refractivity (Wildman–Crippen MR) is 82.1 cm³/mol. The van der Waals surface area contributed by atoms with Crippen LogP contribution < -0.4 is 5.32 Å². The fraction of sp³-hybridized carbons (Fsp3) is 0.733. The molecular formula is C15H22BrNS. The molecule has 1 heterocycles. The monoisotopic (exact) mass is 327 g/mol. The topological polar surface area (TPSA) is 12.0 Å². The van der Waals surface area contributed by atoms with Crippen molar-refractivity contribution in [3.05, 3.63) is 20.8 Å². The summed E-state index contributed by atoms with van der Waals surface area (Å²) in [6, 6.07) is 4.50. The highest BCUT2D eigenvalue weighted by atomic mass is 79.9. The van der Waals surface area contributed by atoms with Crippen LogP contribution >= 0.6 is 27.3 Å². The maximum atomic E-state index is 3.68. The zero-order valence-corrected chi connectivity index (χ0v) is 13.4. The van der Waals surface area contributed by atoms with Gasteiger partial charge in [0.15, 0.2) is 0 Å². The highest BCUT2D eigenvalue weighted by molar-refractivity contribution is 9.11. The molecule has 2 unspecified atom stereocenters. The van der Waals surface area contributed by atoms with Gasteiger partial charge in [0, 0.05) is 11.4 Å². The fourth-order valence-electron chi connectivity index (χ4n) is 3.70. The van der Waals surface area contributed by atoms with Gasteiger partial charge in [0.25, 0.3) is 0 Å². The lowest BCUT2D eigenvalue weighted by Gasteiger charge is -2.31. The van der Waals surface area contributed by atoms with Crippen molar-refractivity contribution in [1.82, 2.24) is 5.32 Å². The Balaban J connectivity index is 1.65. The van der Waals surface area contributed by atoms with Crippen LogP contribution in [0.2, 0.25) is 0 Å². The summed E-state index contributed by atoms with van der Waals surface area (Å²) in [5.41, 5.74) is 0.563. The number of hydrogen-bond donors (Lipinski definition) is 1. The van der Waals surface area contributed by atoms with Gasteiger partial charge in [-0.1, -0.05) is 6.92 Å². The normalized spacial score (nSPS) is 33.7. The first kappa shape index (κ1) is 13.1. The maximum Gasteiger partial charge on any atom is 0.0701 e. The first-order valence-corrected chi connectivity index (χ1v) is 8.77. The minimum atomic E-state index is 0.563. The second-order valence-electron chi connectivity index (χ2n) is 6.22. The summed E-state index contributed by atoms with van der Waals surface area (Å²) in [5.74, 6) is 2.13. The molecule has 2 saturated carbocycles. The summed E-state index contributed by atoms with van der Waals surface area (Å²) in [6.07, 6.45) is 6.97. The Kier molecular flexibility index (Phi) is 3.84. The Morgan fingerprint density at radius 3 is 2.78 bits per heavy atom. The Morgan fingerprint density at radius 1 is 1.39 bits per heavy atom. The quantitative estimate of drug-likeness (QED) is 0.760. The number of thiophene rings is 1. The van der Waals surface area contributed by atoms with Gasteiger partial charge in [0.05, 0.1) is 3.79 Å². The summed E-state index contributed by atoms with van der Waals surface area (Å²) in [7, 11) is 0. The molecular weight excluding hydrogens is 306 g/mol. The molecule has 1 nitrogen and oxygen atoms in total. The molecule has 3 rings (SSSR count). The van der Waals surface area contributed by atoms with E-state index in [1.165, 1.54) is 49.0 Å². The molecule has 100 valence electrons. The molecule has 0 bridgehead atoms. The molecule has 2 aliphatic carbocycles. The predicted octanol–water partition coefficient (Wildman–Crippen LogP) is 4.47. The van der Waals surface area contributed by atoms with E-state index in [1.807, 2.05) is 11.3 Å². The van der Waals surface area contributed by atoms with Crippen LogP contribution in [0.25, 0.3) is 0 Å². The van der Waals surface area contributed by atoms with E-state index in [0.29, 0.717) is 5.41 Å². The van der Waals surface area contributed by atoms with Gasteiger partial charge in [-0.3, -0.25) is 0 Å². The van der Waals surface area contributed by atoms with Crippen molar-refractivity contribution in [2.24, 2.45) is 17.3 Å². The highest BCUT2D eigenvalue weighted by Crippen LogP contribution is 2.60. The van der Waals surface area contributed by atoms with Crippen molar-refractivity contribution in [2.45, 2.75) is 39.0 Å². The largest absolute Gasteiger partial charge is 0.316 e. The molecule has 1 N–H and O–H groups in total. The van der Waals surface area contributed by atoms with Gasteiger partial charge >= 0.3 is 0 Å². The molecule has 0 spiro atoms. The van der Waals surface area contributed by atoms with E-state index in [1.54, 1.807) is 4.88 Å². The molecule has 3 heteroatoms. The third kappa shape index (κ3) is 2.83. The highest BCUT2D eigenvalue weighted by Gasteiger charge is 2.53. The summed E-state index contributed by atoms with van der Waals surface area (Å²) < 4.78 is 1.28. The summed E-state index contributed by atoms with van der Waals surface area (Å²) in [4.78, 5) is 1.56. The zero-order chi connectivity index (χ0) is 12.6. The Bertz CT molecular complexity index is 404. The third-order valence-electron chi connectivity index (χ3n) is 4.56. The standard InChI is InChI=1S/C15H22BrNS/c1-2-5-17-10-15(7-11-6-12(11)8-15)9-13-3-4-14(16)18-13/h3-4,11-12,17H,2,5-10H2,1H3. The molecule has 2 aliphatic rings. The van der Waals surface area contributed by atoms with E-state index in [4.69, 9.17) is 0 Å². The van der Waals surface area contributed by atoms with Crippen LogP contribution in [0.5, 0.6) is 0 Å². The average Bonchev–Trinajstić information content (AvgIpc) is 2.76. The number of hydrogen-bond acceptors (Lipinski definition) is 2. The van der Waals surface area contributed by atoms with Crippen LogP contribution in [0.4, 0.5) is 0 Å². The van der Waals surface area contributed by atoms with Crippen LogP contribution in [0.15, 0.2) is 15.9 Å². The molecule has 0 amide bonds. The van der Waals surface area contributed by atoms with E-state index >= 15 is 0 Å². The van der Waals surface area contributed by atoms with Crippen molar-refractivity contribution >= 4 is 27.3 Å². The number of nitrogens with one attached hydrogen (secondary N) is 1. The van der Waals surface area contributed by atoms with Crippen LogP contribution in [0.3, 0.4) is 0 Å². The molecule has 1 aromatic heterocycles. The molecule has 0 aliphatic heterocycles. The van der Waals surface area contributed by atoms with E-state index in [9.17, 15) is 0 Å². The van der Waals surface area contributed by atoms with Gasteiger partial charge in [-0.15, -0.1) is 11.3 Å². The minimum Gasteiger partial charge on any atom is -0.316 e.